The molecule has 0 aliphatic heterocycles. The summed E-state index contributed by atoms with van der Waals surface area (Å²) in [6.07, 6.45) is 3.45. The Morgan fingerprint density at radius 1 is 1.47 bits per heavy atom. The van der Waals surface area contributed by atoms with Crippen molar-refractivity contribution in [1.29, 1.82) is 0 Å². The fourth-order valence-electron chi connectivity index (χ4n) is 1.08. The van der Waals surface area contributed by atoms with Crippen molar-refractivity contribution in [3.05, 3.63) is 24.7 Å². The molecule has 2 aromatic heterocycles. The van der Waals surface area contributed by atoms with Crippen molar-refractivity contribution in [3.63, 3.8) is 0 Å². The Labute approximate surface area is 91.9 Å². The first kappa shape index (κ1) is 9.97. The Morgan fingerprint density at radius 3 is 3.00 bits per heavy atom. The molecule has 0 bridgehead atoms. The van der Waals surface area contributed by atoms with E-state index in [1.54, 1.807) is 24.3 Å². The number of anilines is 1. The number of nitrogens with zero attached hydrogens (tertiary/aromatic N) is 4. The van der Waals surface area contributed by atoms with Crippen molar-refractivity contribution in [3.8, 4) is 0 Å². The first-order chi connectivity index (χ1) is 7.29. The molecule has 0 aromatic carbocycles. The number of hydrogen-bond donors (Lipinski definition) is 1. The van der Waals surface area contributed by atoms with Crippen LogP contribution in [0.5, 0.6) is 0 Å². The van der Waals surface area contributed by atoms with Gasteiger partial charge in [-0.05, 0) is 23.9 Å². The highest BCUT2D eigenvalue weighted by Gasteiger charge is 2.03. The van der Waals surface area contributed by atoms with E-state index in [0.717, 1.165) is 15.9 Å². The summed E-state index contributed by atoms with van der Waals surface area (Å²) in [6, 6.07) is 3.92. The fraction of sp³-hybridized carbons (Fsp3) is 0.222. The van der Waals surface area contributed by atoms with Crippen molar-refractivity contribution in [2.45, 2.75) is 10.1 Å². The predicted octanol–water partition coefficient (Wildman–Crippen LogP) is 1.40. The molecule has 0 amide bonds. The highest BCUT2D eigenvalue weighted by molar-refractivity contribution is 7.99. The van der Waals surface area contributed by atoms with Gasteiger partial charge >= 0.3 is 0 Å². The number of pyridine rings is 1. The first-order valence-electron chi connectivity index (χ1n) is 4.45. The second-order valence-corrected chi connectivity index (χ2v) is 3.99. The zero-order valence-electron chi connectivity index (χ0n) is 8.51. The lowest BCUT2D eigenvalue weighted by molar-refractivity contribution is 0.788. The number of nitrogens with one attached hydrogen (secondary N) is 1. The maximum absolute atomic E-state index is 4.14. The van der Waals surface area contributed by atoms with Gasteiger partial charge in [0, 0.05) is 25.2 Å². The van der Waals surface area contributed by atoms with Gasteiger partial charge in [-0.15, -0.1) is 10.2 Å². The van der Waals surface area contributed by atoms with E-state index < -0.39 is 0 Å². The van der Waals surface area contributed by atoms with Gasteiger partial charge < -0.3 is 9.88 Å². The van der Waals surface area contributed by atoms with Crippen LogP contribution in [-0.4, -0.2) is 26.8 Å². The Morgan fingerprint density at radius 2 is 2.33 bits per heavy atom. The number of hydrogen-bond acceptors (Lipinski definition) is 5. The second kappa shape index (κ2) is 4.31. The lowest BCUT2D eigenvalue weighted by Crippen LogP contribution is -1.92. The topological polar surface area (TPSA) is 55.6 Å². The summed E-state index contributed by atoms with van der Waals surface area (Å²) in [7, 11) is 3.77. The summed E-state index contributed by atoms with van der Waals surface area (Å²) in [5.74, 6) is 0.849. The molecule has 2 heterocycles. The Hall–Kier alpha value is -1.56. The van der Waals surface area contributed by atoms with Crippen LogP contribution in [0.4, 0.5) is 5.82 Å². The molecular formula is C9H11N5S. The maximum Gasteiger partial charge on any atom is 0.195 e. The number of rotatable bonds is 3. The van der Waals surface area contributed by atoms with Gasteiger partial charge in [-0.1, -0.05) is 0 Å². The van der Waals surface area contributed by atoms with Gasteiger partial charge in [-0.3, -0.25) is 0 Å². The lowest BCUT2D eigenvalue weighted by atomic mass is 10.5. The molecule has 0 aliphatic rings. The van der Waals surface area contributed by atoms with Gasteiger partial charge in [-0.2, -0.15) is 0 Å². The summed E-state index contributed by atoms with van der Waals surface area (Å²) in [5, 5.41) is 11.7. The minimum atomic E-state index is 0.849. The molecule has 0 atom stereocenters. The van der Waals surface area contributed by atoms with E-state index in [9.17, 15) is 0 Å². The van der Waals surface area contributed by atoms with Crippen LogP contribution >= 0.6 is 11.8 Å². The second-order valence-electron chi connectivity index (χ2n) is 2.95. The molecule has 78 valence electrons. The van der Waals surface area contributed by atoms with E-state index in [1.165, 1.54) is 0 Å². The predicted molar refractivity (Wildman–Crippen MR) is 58.9 cm³/mol. The molecule has 0 saturated carbocycles. The molecule has 6 heteroatoms. The third-order valence-electron chi connectivity index (χ3n) is 1.87. The monoisotopic (exact) mass is 221 g/mol. The summed E-state index contributed by atoms with van der Waals surface area (Å²) in [4.78, 5) is 5.23. The van der Waals surface area contributed by atoms with Crippen LogP contribution in [0.3, 0.4) is 0 Å². The molecule has 0 unspecified atom stereocenters. The number of aryl methyl sites for hydroxylation is 1. The molecule has 1 N–H and O–H groups in total. The van der Waals surface area contributed by atoms with Gasteiger partial charge in [-0.25, -0.2) is 4.98 Å². The normalized spacial score (nSPS) is 10.3. The van der Waals surface area contributed by atoms with Crippen LogP contribution in [0.15, 0.2) is 34.7 Å². The molecule has 0 spiro atoms. The van der Waals surface area contributed by atoms with E-state index in [0.29, 0.717) is 0 Å². The van der Waals surface area contributed by atoms with Crippen molar-refractivity contribution in [1.82, 2.24) is 19.7 Å². The Kier molecular flexibility index (Phi) is 2.86. The molecule has 0 saturated heterocycles. The maximum atomic E-state index is 4.14. The highest BCUT2D eigenvalue weighted by atomic mass is 32.2. The van der Waals surface area contributed by atoms with Gasteiger partial charge in [0.05, 0.1) is 0 Å². The van der Waals surface area contributed by atoms with Crippen LogP contribution in [0.25, 0.3) is 0 Å². The lowest BCUT2D eigenvalue weighted by Gasteiger charge is -2.02. The first-order valence-corrected chi connectivity index (χ1v) is 5.27. The molecule has 0 fully saturated rings. The van der Waals surface area contributed by atoms with Crippen LogP contribution in [-0.2, 0) is 7.05 Å². The van der Waals surface area contributed by atoms with Crippen molar-refractivity contribution in [2.24, 2.45) is 7.05 Å². The van der Waals surface area contributed by atoms with Gasteiger partial charge in [0.2, 0.25) is 0 Å². The molecule has 0 aliphatic carbocycles. The summed E-state index contributed by atoms with van der Waals surface area (Å²) < 4.78 is 1.88. The Bertz CT molecular complexity index is 453. The third-order valence-corrected chi connectivity index (χ3v) is 2.91. The molecule has 0 radical (unpaired) electrons. The van der Waals surface area contributed by atoms with Gasteiger partial charge in [0.15, 0.2) is 5.16 Å². The number of aromatic nitrogens is 4. The van der Waals surface area contributed by atoms with Gasteiger partial charge in [0.1, 0.15) is 12.1 Å². The average Bonchev–Trinajstić information content (AvgIpc) is 2.65. The molecule has 5 nitrogen and oxygen atoms in total. The zero-order chi connectivity index (χ0) is 10.7. The average molecular weight is 221 g/mol. The fourth-order valence-corrected chi connectivity index (χ4v) is 1.87. The van der Waals surface area contributed by atoms with Crippen molar-refractivity contribution >= 4 is 17.6 Å². The largest absolute Gasteiger partial charge is 0.373 e. The quantitative estimate of drug-likeness (QED) is 0.849. The van der Waals surface area contributed by atoms with Crippen LogP contribution in [0.1, 0.15) is 0 Å². The van der Waals surface area contributed by atoms with Gasteiger partial charge in [0.25, 0.3) is 0 Å². The Balaban J connectivity index is 2.21. The van der Waals surface area contributed by atoms with E-state index in [2.05, 4.69) is 20.5 Å². The SMILES string of the molecule is CNc1cc(Sc2nncn2C)ccn1. The van der Waals surface area contributed by atoms with E-state index in [-0.39, 0.29) is 0 Å². The molecule has 2 rings (SSSR count). The van der Waals surface area contributed by atoms with E-state index >= 15 is 0 Å². The summed E-state index contributed by atoms with van der Waals surface area (Å²) >= 11 is 1.56. The highest BCUT2D eigenvalue weighted by Crippen LogP contribution is 2.25. The van der Waals surface area contributed by atoms with Crippen LogP contribution in [0.2, 0.25) is 0 Å². The van der Waals surface area contributed by atoms with Crippen molar-refractivity contribution < 1.29 is 0 Å². The smallest absolute Gasteiger partial charge is 0.195 e. The molecule has 15 heavy (non-hydrogen) atoms. The van der Waals surface area contributed by atoms with Crippen LogP contribution < -0.4 is 5.32 Å². The van der Waals surface area contributed by atoms with E-state index in [1.807, 2.05) is 30.8 Å². The summed E-state index contributed by atoms with van der Waals surface area (Å²) in [5.41, 5.74) is 0. The molecular weight excluding hydrogens is 210 g/mol. The zero-order valence-corrected chi connectivity index (χ0v) is 9.32. The molecule has 2 aromatic rings. The minimum Gasteiger partial charge on any atom is -0.373 e. The van der Waals surface area contributed by atoms with Crippen molar-refractivity contribution in [2.75, 3.05) is 12.4 Å². The van der Waals surface area contributed by atoms with Crippen LogP contribution in [0, 0.1) is 0 Å². The summed E-state index contributed by atoms with van der Waals surface area (Å²) in [6.45, 7) is 0. The third kappa shape index (κ3) is 2.27. The minimum absolute atomic E-state index is 0.849. The standard InChI is InChI=1S/C9H11N5S/c1-10-8-5-7(3-4-11-8)15-9-13-12-6-14(9)2/h3-6H,1-2H3,(H,10,11). The van der Waals surface area contributed by atoms with E-state index in [4.69, 9.17) is 0 Å².